The number of carbonyl (C=O) groups excluding carboxylic acids is 2. The zero-order chi connectivity index (χ0) is 30.5. The molecule has 0 bridgehead atoms. The molecule has 3 aromatic carbocycles. The summed E-state index contributed by atoms with van der Waals surface area (Å²) in [5, 5.41) is 11.8. The number of carboxylic acid groups (broad SMARTS) is 1. The minimum absolute atomic E-state index is 0.0498. The molecule has 0 aliphatic carbocycles. The smallest absolute Gasteiger partial charge is 0.410 e. The summed E-state index contributed by atoms with van der Waals surface area (Å²) in [5.74, 6) is -2.30. The van der Waals surface area contributed by atoms with E-state index in [-0.39, 0.29) is 30.2 Å². The maximum Gasteiger partial charge on any atom is 0.410 e. The van der Waals surface area contributed by atoms with E-state index in [1.807, 2.05) is 6.07 Å². The van der Waals surface area contributed by atoms with E-state index in [0.29, 0.717) is 5.56 Å². The van der Waals surface area contributed by atoms with Crippen molar-refractivity contribution in [3.8, 4) is 5.75 Å². The highest BCUT2D eigenvalue weighted by Crippen LogP contribution is 2.40. The van der Waals surface area contributed by atoms with Crippen LogP contribution in [0, 0.1) is 5.82 Å². The van der Waals surface area contributed by atoms with Crippen LogP contribution in [0.1, 0.15) is 25.0 Å². The summed E-state index contributed by atoms with van der Waals surface area (Å²) in [6.45, 7) is 2.31. The third-order valence-corrected chi connectivity index (χ3v) is 8.23. The molecule has 1 aliphatic heterocycles. The predicted molar refractivity (Wildman–Crippen MR) is 146 cm³/mol. The summed E-state index contributed by atoms with van der Waals surface area (Å²) in [5.41, 5.74) is -0.0100. The topological polar surface area (TPSA) is 149 Å². The number of carbonyl (C=O) groups is 3. The first-order valence-corrected chi connectivity index (χ1v) is 14.3. The molecule has 2 N–H and O–H groups in total. The molecule has 0 spiro atoms. The standard InChI is InChI=1S/C29H29FN2O9S/c1-19(33)39-20(2)40-28(36)31-26(27(34)35)15-21-8-6-13-25(14-21)42(37,38)32-17-29(18-32,22-9-4-3-5-10-22)41-24-12-7-11-23(30)16-24/h3-14,16,20,26H,15,17-18H2,1-2H3,(H,31,36)(H,34,35)/t20-,26?/m1/s1. The maximum atomic E-state index is 13.8. The van der Waals surface area contributed by atoms with Crippen molar-refractivity contribution in [2.75, 3.05) is 13.1 Å². The Bertz CT molecular complexity index is 1560. The van der Waals surface area contributed by atoms with E-state index in [1.165, 1.54) is 53.7 Å². The van der Waals surface area contributed by atoms with Gasteiger partial charge < -0.3 is 24.6 Å². The Morgan fingerprint density at radius 3 is 2.33 bits per heavy atom. The number of ether oxygens (including phenoxy) is 3. The fourth-order valence-electron chi connectivity index (χ4n) is 4.50. The second-order valence-corrected chi connectivity index (χ2v) is 11.6. The van der Waals surface area contributed by atoms with Crippen molar-refractivity contribution in [2.45, 2.75) is 43.1 Å². The highest BCUT2D eigenvalue weighted by Gasteiger charge is 2.52. The molecule has 1 saturated heterocycles. The molecule has 1 amide bonds. The van der Waals surface area contributed by atoms with Gasteiger partial charge >= 0.3 is 18.0 Å². The fraction of sp³-hybridized carbons (Fsp3) is 0.276. The predicted octanol–water partition coefficient (Wildman–Crippen LogP) is 3.44. The summed E-state index contributed by atoms with van der Waals surface area (Å²) in [6, 6.07) is 18.9. The number of amides is 1. The van der Waals surface area contributed by atoms with Crippen molar-refractivity contribution >= 4 is 28.1 Å². The van der Waals surface area contributed by atoms with E-state index in [1.54, 1.807) is 30.3 Å². The first-order valence-electron chi connectivity index (χ1n) is 12.8. The Morgan fingerprint density at radius 2 is 1.69 bits per heavy atom. The van der Waals surface area contributed by atoms with Crippen molar-refractivity contribution in [3.63, 3.8) is 0 Å². The maximum absolute atomic E-state index is 13.8. The highest BCUT2D eigenvalue weighted by molar-refractivity contribution is 7.89. The average Bonchev–Trinajstić information content (AvgIpc) is 2.90. The van der Waals surface area contributed by atoms with Gasteiger partial charge in [-0.1, -0.05) is 48.5 Å². The number of hydrogen-bond acceptors (Lipinski definition) is 8. The summed E-state index contributed by atoms with van der Waals surface area (Å²) in [4.78, 5) is 34.8. The fourth-order valence-corrected chi connectivity index (χ4v) is 6.11. The first-order chi connectivity index (χ1) is 19.9. The van der Waals surface area contributed by atoms with Gasteiger partial charge in [-0.3, -0.25) is 4.79 Å². The number of esters is 1. The van der Waals surface area contributed by atoms with Crippen molar-refractivity contribution in [2.24, 2.45) is 0 Å². The molecule has 1 heterocycles. The number of benzene rings is 3. The lowest BCUT2D eigenvalue weighted by atomic mass is 9.87. The Balaban J connectivity index is 1.49. The molecule has 1 unspecified atom stereocenters. The van der Waals surface area contributed by atoms with Crippen LogP contribution in [0.2, 0.25) is 0 Å². The van der Waals surface area contributed by atoms with Crippen LogP contribution in [0.4, 0.5) is 9.18 Å². The number of aliphatic carboxylic acids is 1. The Kier molecular flexibility index (Phi) is 9.12. The van der Waals surface area contributed by atoms with Crippen molar-refractivity contribution in [3.05, 3.63) is 95.8 Å². The number of carboxylic acids is 1. The van der Waals surface area contributed by atoms with Gasteiger partial charge in [0.05, 0.1) is 18.0 Å². The van der Waals surface area contributed by atoms with E-state index < -0.39 is 51.8 Å². The molecule has 11 nitrogen and oxygen atoms in total. The molecular weight excluding hydrogens is 571 g/mol. The number of halogens is 1. The molecule has 0 radical (unpaired) electrons. The molecular formula is C29H29FN2O9S. The molecule has 4 rings (SSSR count). The van der Waals surface area contributed by atoms with E-state index >= 15 is 0 Å². The quantitative estimate of drug-likeness (QED) is 0.249. The van der Waals surface area contributed by atoms with Crippen LogP contribution in [0.15, 0.2) is 83.8 Å². The Morgan fingerprint density at radius 1 is 1.00 bits per heavy atom. The summed E-state index contributed by atoms with van der Waals surface area (Å²) >= 11 is 0. The number of nitrogens with one attached hydrogen (secondary N) is 1. The number of hydrogen-bond donors (Lipinski definition) is 2. The van der Waals surface area contributed by atoms with Crippen LogP contribution in [0.5, 0.6) is 5.75 Å². The first kappa shape index (κ1) is 30.5. The van der Waals surface area contributed by atoms with Gasteiger partial charge in [0.25, 0.3) is 0 Å². The van der Waals surface area contributed by atoms with Gasteiger partial charge in [0.15, 0.2) is 5.60 Å². The van der Waals surface area contributed by atoms with E-state index in [4.69, 9.17) is 9.47 Å². The Hall–Kier alpha value is -4.49. The van der Waals surface area contributed by atoms with Gasteiger partial charge in [-0.05, 0) is 35.4 Å². The zero-order valence-electron chi connectivity index (χ0n) is 22.7. The minimum atomic E-state index is -4.04. The van der Waals surface area contributed by atoms with Gasteiger partial charge in [-0.25, -0.2) is 22.4 Å². The van der Waals surface area contributed by atoms with Gasteiger partial charge in [0.1, 0.15) is 17.6 Å². The van der Waals surface area contributed by atoms with E-state index in [9.17, 15) is 32.3 Å². The highest BCUT2D eigenvalue weighted by atomic mass is 32.2. The van der Waals surface area contributed by atoms with Crippen LogP contribution in [-0.4, -0.2) is 61.3 Å². The molecule has 0 aromatic heterocycles. The largest absolute Gasteiger partial charge is 0.480 e. The number of nitrogens with zero attached hydrogens (tertiary/aromatic N) is 1. The SMILES string of the molecule is CC(=O)O[C@@H](C)OC(=O)NC(Cc1cccc(S(=O)(=O)N2CC(Oc3cccc(F)c3)(c3ccccc3)C2)c1)C(=O)O. The van der Waals surface area contributed by atoms with E-state index in [2.05, 4.69) is 10.1 Å². The van der Waals surface area contributed by atoms with E-state index in [0.717, 1.165) is 12.5 Å². The molecule has 13 heteroatoms. The van der Waals surface area contributed by atoms with Crippen LogP contribution >= 0.6 is 0 Å². The molecule has 3 aromatic rings. The minimum Gasteiger partial charge on any atom is -0.480 e. The zero-order valence-corrected chi connectivity index (χ0v) is 23.5. The van der Waals surface area contributed by atoms with Crippen LogP contribution in [0.25, 0.3) is 0 Å². The third kappa shape index (κ3) is 7.22. The second kappa shape index (κ2) is 12.6. The Labute approximate surface area is 241 Å². The van der Waals surface area contributed by atoms with Crippen LogP contribution in [0.3, 0.4) is 0 Å². The van der Waals surface area contributed by atoms with Crippen molar-refractivity contribution in [1.82, 2.24) is 9.62 Å². The van der Waals surface area contributed by atoms with Crippen LogP contribution in [-0.2, 0) is 41.1 Å². The second-order valence-electron chi connectivity index (χ2n) is 9.66. The molecule has 2 atom stereocenters. The lowest BCUT2D eigenvalue weighted by molar-refractivity contribution is -0.162. The molecule has 1 aliphatic rings. The number of sulfonamides is 1. The molecule has 222 valence electrons. The summed E-state index contributed by atoms with van der Waals surface area (Å²) < 4.78 is 57.9. The summed E-state index contributed by atoms with van der Waals surface area (Å²) in [6.07, 6.45) is -2.63. The van der Waals surface area contributed by atoms with Gasteiger partial charge in [-0.2, -0.15) is 4.31 Å². The number of alkyl carbamates (subject to hydrolysis) is 1. The van der Waals surface area contributed by atoms with Crippen LogP contribution < -0.4 is 10.1 Å². The molecule has 0 saturated carbocycles. The lowest BCUT2D eigenvalue weighted by Gasteiger charge is -2.48. The molecule has 1 fully saturated rings. The van der Waals surface area contributed by atoms with Gasteiger partial charge in [0.2, 0.25) is 16.3 Å². The van der Waals surface area contributed by atoms with Gasteiger partial charge in [0, 0.05) is 26.3 Å². The number of rotatable bonds is 11. The monoisotopic (exact) mass is 600 g/mol. The molecule has 42 heavy (non-hydrogen) atoms. The average molecular weight is 601 g/mol. The summed E-state index contributed by atoms with van der Waals surface area (Å²) in [7, 11) is -4.04. The van der Waals surface area contributed by atoms with Gasteiger partial charge in [-0.15, -0.1) is 0 Å². The van der Waals surface area contributed by atoms with Crippen molar-refractivity contribution < 1.29 is 46.5 Å². The third-order valence-electron chi connectivity index (χ3n) is 6.44. The lowest BCUT2D eigenvalue weighted by Crippen LogP contribution is -2.64. The van der Waals surface area contributed by atoms with Crippen molar-refractivity contribution in [1.29, 1.82) is 0 Å². The normalized spacial score (nSPS) is 15.9.